The molecule has 7 heteroatoms. The minimum atomic E-state index is -3.94. The molecule has 0 amide bonds. The zero-order valence-electron chi connectivity index (χ0n) is 10.9. The number of anilines is 1. The Morgan fingerprint density at radius 3 is 2.50 bits per heavy atom. The van der Waals surface area contributed by atoms with Crippen LogP contribution in [0.3, 0.4) is 0 Å². The number of nitrogens with two attached hydrogens (primary N) is 1. The Bertz CT molecular complexity index is 697. The van der Waals surface area contributed by atoms with Gasteiger partial charge in [-0.05, 0) is 31.2 Å². The van der Waals surface area contributed by atoms with E-state index in [1.807, 2.05) is 0 Å². The molecule has 1 aromatic carbocycles. The molecule has 0 bridgehead atoms. The van der Waals surface area contributed by atoms with Gasteiger partial charge >= 0.3 is 0 Å². The second kappa shape index (κ2) is 5.64. The molecular formula is C13H15FN2O3S. The van der Waals surface area contributed by atoms with Gasteiger partial charge in [0.25, 0.3) is 10.0 Å². The summed E-state index contributed by atoms with van der Waals surface area (Å²) in [6, 6.07) is 8.50. The van der Waals surface area contributed by atoms with E-state index in [0.717, 1.165) is 4.31 Å². The molecule has 2 aromatic rings. The molecule has 5 nitrogen and oxygen atoms in total. The van der Waals surface area contributed by atoms with Crippen molar-refractivity contribution in [3.63, 3.8) is 0 Å². The Labute approximate surface area is 116 Å². The highest BCUT2D eigenvalue weighted by atomic mass is 32.2. The van der Waals surface area contributed by atoms with Gasteiger partial charge in [-0.2, -0.15) is 8.42 Å². The molecule has 0 saturated carbocycles. The molecule has 0 aliphatic carbocycles. The van der Waals surface area contributed by atoms with Gasteiger partial charge in [0.05, 0.1) is 12.2 Å². The van der Waals surface area contributed by atoms with E-state index < -0.39 is 15.8 Å². The summed E-state index contributed by atoms with van der Waals surface area (Å²) >= 11 is 0. The number of hydrogen-bond acceptors (Lipinski definition) is 4. The maximum atomic E-state index is 13.8. The number of sulfonamides is 1. The van der Waals surface area contributed by atoms with Crippen LogP contribution in [0.15, 0.2) is 45.9 Å². The lowest BCUT2D eigenvalue weighted by Gasteiger charge is -2.21. The van der Waals surface area contributed by atoms with Gasteiger partial charge in [0.2, 0.25) is 5.09 Å². The van der Waals surface area contributed by atoms with Crippen molar-refractivity contribution in [2.45, 2.75) is 18.6 Å². The Kier molecular flexibility index (Phi) is 4.10. The van der Waals surface area contributed by atoms with Gasteiger partial charge in [-0.15, -0.1) is 0 Å². The largest absolute Gasteiger partial charge is 0.446 e. The van der Waals surface area contributed by atoms with Crippen molar-refractivity contribution in [3.8, 4) is 0 Å². The number of benzene rings is 1. The number of hydrogen-bond donors (Lipinski definition) is 1. The normalized spacial score (nSPS) is 11.6. The van der Waals surface area contributed by atoms with E-state index in [-0.39, 0.29) is 23.9 Å². The predicted molar refractivity (Wildman–Crippen MR) is 73.2 cm³/mol. The van der Waals surface area contributed by atoms with Crippen molar-refractivity contribution >= 4 is 15.7 Å². The highest BCUT2D eigenvalue weighted by molar-refractivity contribution is 7.92. The minimum Gasteiger partial charge on any atom is -0.446 e. The van der Waals surface area contributed by atoms with Crippen molar-refractivity contribution in [2.75, 3.05) is 10.8 Å². The highest BCUT2D eigenvalue weighted by Crippen LogP contribution is 2.26. The first-order chi connectivity index (χ1) is 9.50. The van der Waals surface area contributed by atoms with E-state index in [9.17, 15) is 12.8 Å². The first-order valence-electron chi connectivity index (χ1n) is 6.06. The van der Waals surface area contributed by atoms with Gasteiger partial charge in [-0.3, -0.25) is 4.31 Å². The van der Waals surface area contributed by atoms with Crippen LogP contribution in [0.4, 0.5) is 10.1 Å². The van der Waals surface area contributed by atoms with Crippen LogP contribution in [0.25, 0.3) is 0 Å². The Balaban J connectivity index is 2.48. The second-order valence-electron chi connectivity index (χ2n) is 4.05. The van der Waals surface area contributed by atoms with Crippen LogP contribution in [-0.2, 0) is 16.6 Å². The summed E-state index contributed by atoms with van der Waals surface area (Å²) in [6.07, 6.45) is 0. The van der Waals surface area contributed by atoms with Gasteiger partial charge in [0, 0.05) is 6.54 Å². The van der Waals surface area contributed by atoms with Crippen molar-refractivity contribution in [1.29, 1.82) is 0 Å². The zero-order valence-corrected chi connectivity index (χ0v) is 11.7. The molecule has 0 unspecified atom stereocenters. The molecule has 1 aromatic heterocycles. The molecule has 0 atom stereocenters. The SMILES string of the molecule is CCN(c1ccccc1F)S(=O)(=O)c1ccc(CN)o1. The average molecular weight is 298 g/mol. The lowest BCUT2D eigenvalue weighted by molar-refractivity contribution is 0.415. The highest BCUT2D eigenvalue weighted by Gasteiger charge is 2.28. The van der Waals surface area contributed by atoms with E-state index >= 15 is 0 Å². The fourth-order valence-corrected chi connectivity index (χ4v) is 3.26. The summed E-state index contributed by atoms with van der Waals surface area (Å²) in [5.74, 6) is -0.253. The maximum Gasteiger partial charge on any atom is 0.297 e. The summed E-state index contributed by atoms with van der Waals surface area (Å²) in [5, 5.41) is -0.247. The third-order valence-corrected chi connectivity index (χ3v) is 4.55. The summed E-state index contributed by atoms with van der Waals surface area (Å²) in [5.41, 5.74) is 5.37. The van der Waals surface area contributed by atoms with E-state index in [4.69, 9.17) is 10.2 Å². The molecule has 0 aliphatic rings. The number of halogens is 1. The van der Waals surface area contributed by atoms with E-state index in [1.165, 1.54) is 30.3 Å². The van der Waals surface area contributed by atoms with Gasteiger partial charge < -0.3 is 10.2 Å². The van der Waals surface area contributed by atoms with Crippen LogP contribution in [0.5, 0.6) is 0 Å². The smallest absolute Gasteiger partial charge is 0.297 e. The van der Waals surface area contributed by atoms with Crippen LogP contribution >= 0.6 is 0 Å². The van der Waals surface area contributed by atoms with E-state index in [2.05, 4.69) is 0 Å². The second-order valence-corrected chi connectivity index (χ2v) is 5.84. The van der Waals surface area contributed by atoms with Crippen LogP contribution in [0, 0.1) is 5.82 Å². The summed E-state index contributed by atoms with van der Waals surface area (Å²) in [4.78, 5) is 0. The molecule has 0 fully saturated rings. The summed E-state index contributed by atoms with van der Waals surface area (Å²) in [6.45, 7) is 1.81. The molecular weight excluding hydrogens is 283 g/mol. The first kappa shape index (κ1) is 14.5. The Morgan fingerprint density at radius 2 is 1.95 bits per heavy atom. The molecule has 20 heavy (non-hydrogen) atoms. The Hall–Kier alpha value is -1.86. The maximum absolute atomic E-state index is 13.8. The molecule has 0 spiro atoms. The molecule has 2 N–H and O–H groups in total. The standard InChI is InChI=1S/C13H15FN2O3S/c1-2-16(12-6-4-3-5-11(12)14)20(17,18)13-8-7-10(9-15)19-13/h3-8H,2,9,15H2,1H3. The van der Waals surface area contributed by atoms with Crippen molar-refractivity contribution in [1.82, 2.24) is 0 Å². The third kappa shape index (κ3) is 2.54. The van der Waals surface area contributed by atoms with Crippen LogP contribution in [0.1, 0.15) is 12.7 Å². The van der Waals surface area contributed by atoms with Gasteiger partial charge in [-0.25, -0.2) is 4.39 Å². The molecule has 0 radical (unpaired) electrons. The van der Waals surface area contributed by atoms with Crippen molar-refractivity contribution in [3.05, 3.63) is 48.0 Å². The fourth-order valence-electron chi connectivity index (χ4n) is 1.84. The summed E-state index contributed by atoms with van der Waals surface area (Å²) in [7, 11) is -3.94. The monoisotopic (exact) mass is 298 g/mol. The van der Waals surface area contributed by atoms with Crippen molar-refractivity contribution < 1.29 is 17.2 Å². The predicted octanol–water partition coefficient (Wildman–Crippen LogP) is 2.09. The lowest BCUT2D eigenvalue weighted by atomic mass is 10.3. The van der Waals surface area contributed by atoms with Gasteiger partial charge in [0.1, 0.15) is 11.6 Å². The third-order valence-electron chi connectivity index (χ3n) is 2.79. The number of para-hydroxylation sites is 1. The molecule has 0 saturated heterocycles. The summed E-state index contributed by atoms with van der Waals surface area (Å²) < 4.78 is 44.9. The van der Waals surface area contributed by atoms with Crippen LogP contribution in [0.2, 0.25) is 0 Å². The number of nitrogens with zero attached hydrogens (tertiary/aromatic N) is 1. The fraction of sp³-hybridized carbons (Fsp3) is 0.231. The quantitative estimate of drug-likeness (QED) is 0.917. The average Bonchev–Trinajstić information content (AvgIpc) is 2.91. The van der Waals surface area contributed by atoms with Gasteiger partial charge in [0.15, 0.2) is 0 Å². The molecule has 0 aliphatic heterocycles. The first-order valence-corrected chi connectivity index (χ1v) is 7.50. The van der Waals surface area contributed by atoms with Crippen molar-refractivity contribution in [2.24, 2.45) is 5.73 Å². The molecule has 1 heterocycles. The molecule has 2 rings (SSSR count). The van der Waals surface area contributed by atoms with E-state index in [1.54, 1.807) is 13.0 Å². The minimum absolute atomic E-state index is 0.0132. The Morgan fingerprint density at radius 1 is 1.25 bits per heavy atom. The zero-order chi connectivity index (χ0) is 14.8. The van der Waals surface area contributed by atoms with Crippen LogP contribution in [-0.4, -0.2) is 15.0 Å². The van der Waals surface area contributed by atoms with E-state index in [0.29, 0.717) is 5.76 Å². The van der Waals surface area contributed by atoms with Crippen LogP contribution < -0.4 is 10.0 Å². The number of rotatable bonds is 5. The molecule has 108 valence electrons. The van der Waals surface area contributed by atoms with Gasteiger partial charge in [-0.1, -0.05) is 12.1 Å². The number of furan rings is 1. The lowest BCUT2D eigenvalue weighted by Crippen LogP contribution is -2.31. The topological polar surface area (TPSA) is 76.5 Å².